The maximum absolute atomic E-state index is 10.7. The monoisotopic (exact) mass is 186 g/mol. The van der Waals surface area contributed by atoms with Crippen LogP contribution in [0.25, 0.3) is 0 Å². The molecule has 0 radical (unpaired) electrons. The van der Waals surface area contributed by atoms with E-state index in [0.717, 1.165) is 6.42 Å². The molecular weight excluding hydrogens is 172 g/mol. The average molecular weight is 186 g/mol. The molecule has 2 fully saturated rings. The summed E-state index contributed by atoms with van der Waals surface area (Å²) in [7, 11) is 0. The molecular formula is C9H14O4. The molecule has 0 saturated heterocycles. The number of rotatable bonds is 1. The molecule has 0 spiro atoms. The zero-order chi connectivity index (χ0) is 9.59. The van der Waals surface area contributed by atoms with Gasteiger partial charge in [-0.05, 0) is 18.8 Å². The Hall–Kier alpha value is -0.610. The predicted octanol–water partition coefficient (Wildman–Crippen LogP) is -0.320. The Morgan fingerprint density at radius 2 is 2.00 bits per heavy atom. The van der Waals surface area contributed by atoms with Gasteiger partial charge in [0, 0.05) is 12.8 Å². The number of hydrogen-bond donors (Lipinski definition) is 2. The second-order valence-electron chi connectivity index (χ2n) is 4.02. The first-order chi connectivity index (χ1) is 6.09. The van der Waals surface area contributed by atoms with Gasteiger partial charge in [-0.1, -0.05) is 0 Å². The second-order valence-corrected chi connectivity index (χ2v) is 4.02. The van der Waals surface area contributed by atoms with Crippen LogP contribution < -0.4 is 0 Å². The minimum absolute atomic E-state index is 0.0519. The second kappa shape index (κ2) is 2.96. The molecule has 2 aliphatic rings. The molecule has 74 valence electrons. The maximum Gasteiger partial charge on any atom is 0.302 e. The van der Waals surface area contributed by atoms with Gasteiger partial charge in [-0.15, -0.1) is 0 Å². The Kier molecular flexibility index (Phi) is 2.04. The summed E-state index contributed by atoms with van der Waals surface area (Å²) < 4.78 is 5.05. The number of esters is 1. The zero-order valence-electron chi connectivity index (χ0n) is 7.51. The van der Waals surface area contributed by atoms with Gasteiger partial charge in [0.2, 0.25) is 0 Å². The third-order valence-corrected chi connectivity index (χ3v) is 3.18. The molecule has 0 aromatic carbocycles. The lowest BCUT2D eigenvalue weighted by molar-refractivity contribution is -0.154. The molecule has 13 heavy (non-hydrogen) atoms. The molecule has 4 nitrogen and oxygen atoms in total. The van der Waals surface area contributed by atoms with E-state index in [1.165, 1.54) is 6.92 Å². The van der Waals surface area contributed by atoms with E-state index in [4.69, 9.17) is 4.74 Å². The maximum atomic E-state index is 10.7. The van der Waals surface area contributed by atoms with Gasteiger partial charge in [-0.25, -0.2) is 0 Å². The van der Waals surface area contributed by atoms with Crippen molar-refractivity contribution in [1.82, 2.24) is 0 Å². The fraction of sp³-hybridized carbons (Fsp3) is 0.889. The molecule has 4 heteroatoms. The van der Waals surface area contributed by atoms with Crippen LogP contribution in [0.1, 0.15) is 19.8 Å². The van der Waals surface area contributed by atoms with E-state index < -0.39 is 12.2 Å². The predicted molar refractivity (Wildman–Crippen MR) is 43.8 cm³/mol. The normalized spacial score (nSPS) is 48.1. The molecule has 2 saturated carbocycles. The van der Waals surface area contributed by atoms with E-state index in [-0.39, 0.29) is 23.9 Å². The van der Waals surface area contributed by atoms with Crippen LogP contribution in [-0.4, -0.2) is 34.5 Å². The molecule has 0 unspecified atom stereocenters. The highest BCUT2D eigenvalue weighted by Gasteiger charge is 2.53. The standard InChI is InChI=1S/C9H14O4/c1-4(10)13-7-3-5-2-6(7)9(12)8(5)11/h5-9,11-12H,2-3H2,1H3/t5-,6-,7+,8-,9+/m1/s1. The number of hydrogen-bond acceptors (Lipinski definition) is 4. The van der Waals surface area contributed by atoms with Gasteiger partial charge in [0.05, 0.1) is 12.2 Å². The van der Waals surface area contributed by atoms with Gasteiger partial charge < -0.3 is 14.9 Å². The topological polar surface area (TPSA) is 66.8 Å². The highest BCUT2D eigenvalue weighted by atomic mass is 16.5. The Labute approximate surface area is 76.5 Å². The molecule has 2 aliphatic carbocycles. The van der Waals surface area contributed by atoms with Gasteiger partial charge >= 0.3 is 5.97 Å². The van der Waals surface area contributed by atoms with Crippen molar-refractivity contribution in [2.24, 2.45) is 11.8 Å². The third-order valence-electron chi connectivity index (χ3n) is 3.18. The number of carbonyl (C=O) groups excluding carboxylic acids is 1. The quantitative estimate of drug-likeness (QED) is 0.551. The lowest BCUT2D eigenvalue weighted by atomic mass is 9.92. The summed E-state index contributed by atoms with van der Waals surface area (Å²) in [4.78, 5) is 10.7. The van der Waals surface area contributed by atoms with Crippen molar-refractivity contribution < 1.29 is 19.7 Å². The van der Waals surface area contributed by atoms with Gasteiger partial charge in [-0.2, -0.15) is 0 Å². The van der Waals surface area contributed by atoms with Crippen LogP contribution in [0.3, 0.4) is 0 Å². The number of aliphatic hydroxyl groups is 2. The molecule has 5 atom stereocenters. The van der Waals surface area contributed by atoms with Crippen LogP contribution in [0, 0.1) is 11.8 Å². The van der Waals surface area contributed by atoms with E-state index in [0.29, 0.717) is 6.42 Å². The van der Waals surface area contributed by atoms with Crippen molar-refractivity contribution >= 4 is 5.97 Å². The summed E-state index contributed by atoms with van der Waals surface area (Å²) >= 11 is 0. The van der Waals surface area contributed by atoms with Gasteiger partial charge in [0.15, 0.2) is 0 Å². The zero-order valence-corrected chi connectivity index (χ0v) is 7.51. The first kappa shape index (κ1) is 8.97. The third kappa shape index (κ3) is 1.34. The van der Waals surface area contributed by atoms with E-state index >= 15 is 0 Å². The minimum Gasteiger partial charge on any atom is -0.462 e. The van der Waals surface area contributed by atoms with E-state index in [1.54, 1.807) is 0 Å². The molecule has 0 heterocycles. The SMILES string of the molecule is CC(=O)O[C@H]1C[C@H]2C[C@H]1[C@H](O)[C@@H]2O. The van der Waals surface area contributed by atoms with Gasteiger partial charge in [0.1, 0.15) is 6.10 Å². The number of fused-ring (bicyclic) bond motifs is 2. The van der Waals surface area contributed by atoms with Crippen LogP contribution >= 0.6 is 0 Å². The molecule has 2 rings (SSSR count). The highest BCUT2D eigenvalue weighted by Crippen LogP contribution is 2.46. The Balaban J connectivity index is 2.02. The summed E-state index contributed by atoms with van der Waals surface area (Å²) in [5.41, 5.74) is 0. The molecule has 2 bridgehead atoms. The molecule has 0 aromatic heterocycles. The van der Waals surface area contributed by atoms with E-state index in [1.807, 2.05) is 0 Å². The van der Waals surface area contributed by atoms with Gasteiger partial charge in [0.25, 0.3) is 0 Å². The summed E-state index contributed by atoms with van der Waals surface area (Å²) in [5, 5.41) is 19.0. The summed E-state index contributed by atoms with van der Waals surface area (Å²) in [6, 6.07) is 0. The van der Waals surface area contributed by atoms with Crippen molar-refractivity contribution in [3.8, 4) is 0 Å². The van der Waals surface area contributed by atoms with E-state index in [2.05, 4.69) is 0 Å². The Bertz CT molecular complexity index is 226. The van der Waals surface area contributed by atoms with E-state index in [9.17, 15) is 15.0 Å². The van der Waals surface area contributed by atoms with Crippen LogP contribution in [0.15, 0.2) is 0 Å². The van der Waals surface area contributed by atoms with Crippen molar-refractivity contribution in [1.29, 1.82) is 0 Å². The lowest BCUT2D eigenvalue weighted by Gasteiger charge is -2.28. The minimum atomic E-state index is -0.705. The van der Waals surface area contributed by atoms with Crippen LogP contribution in [-0.2, 0) is 9.53 Å². The highest BCUT2D eigenvalue weighted by molar-refractivity contribution is 5.66. The summed E-state index contributed by atoms with van der Waals surface area (Å²) in [6.45, 7) is 1.37. The smallest absolute Gasteiger partial charge is 0.302 e. The Morgan fingerprint density at radius 1 is 1.31 bits per heavy atom. The van der Waals surface area contributed by atoms with Crippen molar-refractivity contribution in [3.05, 3.63) is 0 Å². The number of ether oxygens (including phenoxy) is 1. The number of carbonyl (C=O) groups is 1. The van der Waals surface area contributed by atoms with Crippen LogP contribution in [0.4, 0.5) is 0 Å². The van der Waals surface area contributed by atoms with Crippen molar-refractivity contribution in [2.45, 2.75) is 38.1 Å². The van der Waals surface area contributed by atoms with Crippen LogP contribution in [0.2, 0.25) is 0 Å². The summed E-state index contributed by atoms with van der Waals surface area (Å²) in [5.74, 6) is -0.243. The van der Waals surface area contributed by atoms with Crippen molar-refractivity contribution in [3.63, 3.8) is 0 Å². The first-order valence-electron chi connectivity index (χ1n) is 4.63. The largest absolute Gasteiger partial charge is 0.462 e. The van der Waals surface area contributed by atoms with Crippen molar-refractivity contribution in [2.75, 3.05) is 0 Å². The molecule has 0 aromatic rings. The fourth-order valence-corrected chi connectivity index (χ4v) is 2.59. The average Bonchev–Trinajstić information content (AvgIpc) is 2.53. The first-order valence-corrected chi connectivity index (χ1v) is 4.63. The lowest BCUT2D eigenvalue weighted by Crippen LogP contribution is -2.40. The van der Waals surface area contributed by atoms with Crippen LogP contribution in [0.5, 0.6) is 0 Å². The van der Waals surface area contributed by atoms with Gasteiger partial charge in [-0.3, -0.25) is 4.79 Å². The molecule has 0 aliphatic heterocycles. The molecule has 2 N–H and O–H groups in total. The summed E-state index contributed by atoms with van der Waals surface area (Å²) in [6.07, 6.45) is -0.0243. The molecule has 0 amide bonds. The fourth-order valence-electron chi connectivity index (χ4n) is 2.59. The number of aliphatic hydroxyl groups excluding tert-OH is 2. The Morgan fingerprint density at radius 3 is 2.46 bits per heavy atom.